The number of Topliss-reactive ketones (excluding diaryl/α,β-unsaturated/α-hetero) is 1. The van der Waals surface area contributed by atoms with E-state index in [2.05, 4.69) is 5.16 Å². The van der Waals surface area contributed by atoms with E-state index >= 15 is 0 Å². The van der Waals surface area contributed by atoms with Gasteiger partial charge in [0.1, 0.15) is 18.1 Å². The lowest BCUT2D eigenvalue weighted by molar-refractivity contribution is 0.0474. The Bertz CT molecular complexity index is 998. The van der Waals surface area contributed by atoms with Gasteiger partial charge in [-0.3, -0.25) is 4.79 Å². The second-order valence-electron chi connectivity index (χ2n) is 6.45. The summed E-state index contributed by atoms with van der Waals surface area (Å²) in [5.74, 6) is 0.442. The van der Waals surface area contributed by atoms with E-state index in [1.165, 1.54) is 0 Å². The molecule has 0 amide bonds. The van der Waals surface area contributed by atoms with Gasteiger partial charge in [0.2, 0.25) is 5.78 Å². The number of carbonyl (C=O) groups excluding carboxylic acids is 2. The summed E-state index contributed by atoms with van der Waals surface area (Å²) >= 11 is 1.55. The minimum absolute atomic E-state index is 0.207. The number of rotatable bonds is 7. The van der Waals surface area contributed by atoms with Crippen LogP contribution < -0.4 is 4.74 Å². The third-order valence-corrected chi connectivity index (χ3v) is 5.28. The highest BCUT2D eigenvalue weighted by molar-refractivity contribution is 7.12. The predicted octanol–water partition coefficient (Wildman–Crippen LogP) is 4.59. The fourth-order valence-corrected chi connectivity index (χ4v) is 3.72. The van der Waals surface area contributed by atoms with Gasteiger partial charge in [0.05, 0.1) is 16.8 Å². The fourth-order valence-electron chi connectivity index (χ4n) is 2.78. The van der Waals surface area contributed by atoms with Crippen molar-refractivity contribution in [2.24, 2.45) is 0 Å². The van der Waals surface area contributed by atoms with Crippen LogP contribution in [0.4, 0.5) is 0 Å². The summed E-state index contributed by atoms with van der Waals surface area (Å²) in [5, 5.41) is 3.89. The number of thiophene rings is 1. The molecule has 0 aliphatic rings. The minimum Gasteiger partial charge on any atom is -0.489 e. The summed E-state index contributed by atoms with van der Waals surface area (Å²) in [4.78, 5) is 26.6. The molecule has 28 heavy (non-hydrogen) atoms. The van der Waals surface area contributed by atoms with Gasteiger partial charge in [-0.15, -0.1) is 11.3 Å². The number of benzene rings is 1. The Kier molecular flexibility index (Phi) is 5.94. The van der Waals surface area contributed by atoms with Crippen LogP contribution in [0, 0.1) is 27.7 Å². The Balaban J connectivity index is 1.60. The first-order valence-electron chi connectivity index (χ1n) is 8.77. The number of aryl methyl sites for hydroxylation is 4. The van der Waals surface area contributed by atoms with E-state index in [4.69, 9.17) is 14.0 Å². The number of esters is 1. The zero-order valence-electron chi connectivity index (χ0n) is 16.2. The van der Waals surface area contributed by atoms with Crippen LogP contribution in [-0.4, -0.2) is 23.5 Å². The maximum Gasteiger partial charge on any atom is 0.338 e. The smallest absolute Gasteiger partial charge is 0.338 e. The van der Waals surface area contributed by atoms with Crippen molar-refractivity contribution in [2.45, 2.75) is 34.3 Å². The topological polar surface area (TPSA) is 78.6 Å². The number of carbonyl (C=O) groups is 2. The maximum absolute atomic E-state index is 12.3. The van der Waals surface area contributed by atoms with E-state index in [-0.39, 0.29) is 19.0 Å². The van der Waals surface area contributed by atoms with Crippen molar-refractivity contribution in [1.29, 1.82) is 0 Å². The SMILES string of the molecule is Cc1cc(C(=O)COC(=O)c2cccc(OCc3c(C)noc3C)c2)c(C)s1. The molecule has 3 rings (SSSR count). The molecule has 6 nitrogen and oxygen atoms in total. The molecule has 0 saturated heterocycles. The Labute approximate surface area is 167 Å². The monoisotopic (exact) mass is 399 g/mol. The molecule has 0 fully saturated rings. The standard InChI is InChI=1S/C21H21NO5S/c1-12-8-18(15(4)28-12)20(23)11-26-21(24)16-6-5-7-17(9-16)25-10-19-13(2)22-27-14(19)3/h5-9H,10-11H2,1-4H3. The van der Waals surface area contributed by atoms with Crippen LogP contribution in [0.25, 0.3) is 0 Å². The number of hydrogen-bond acceptors (Lipinski definition) is 7. The molecule has 3 aromatic rings. The molecule has 7 heteroatoms. The van der Waals surface area contributed by atoms with Crippen molar-refractivity contribution in [3.63, 3.8) is 0 Å². The molecule has 0 aliphatic carbocycles. The van der Waals surface area contributed by atoms with Gasteiger partial charge in [-0.1, -0.05) is 11.2 Å². The molecule has 2 aromatic heterocycles. The van der Waals surface area contributed by atoms with Crippen LogP contribution in [-0.2, 0) is 11.3 Å². The van der Waals surface area contributed by atoms with Crippen molar-refractivity contribution in [2.75, 3.05) is 6.61 Å². The molecule has 0 saturated carbocycles. The van der Waals surface area contributed by atoms with E-state index in [0.717, 1.165) is 21.0 Å². The van der Waals surface area contributed by atoms with E-state index in [1.54, 1.807) is 35.6 Å². The molecule has 0 atom stereocenters. The molecule has 146 valence electrons. The van der Waals surface area contributed by atoms with E-state index < -0.39 is 5.97 Å². The first-order chi connectivity index (χ1) is 13.3. The van der Waals surface area contributed by atoms with Gasteiger partial charge in [0.15, 0.2) is 6.61 Å². The number of aromatic nitrogens is 1. The summed E-state index contributed by atoms with van der Waals surface area (Å²) in [6, 6.07) is 8.48. The molecule has 1 aromatic carbocycles. The van der Waals surface area contributed by atoms with Gasteiger partial charge in [0.25, 0.3) is 0 Å². The lowest BCUT2D eigenvalue weighted by Crippen LogP contribution is -2.14. The van der Waals surface area contributed by atoms with Crippen LogP contribution >= 0.6 is 11.3 Å². The van der Waals surface area contributed by atoms with E-state index in [0.29, 0.717) is 22.6 Å². The lowest BCUT2D eigenvalue weighted by Gasteiger charge is -2.08. The first kappa shape index (κ1) is 19.8. The van der Waals surface area contributed by atoms with Crippen molar-refractivity contribution < 1.29 is 23.6 Å². The van der Waals surface area contributed by atoms with Gasteiger partial charge < -0.3 is 14.0 Å². The highest BCUT2D eigenvalue weighted by Crippen LogP contribution is 2.22. The number of nitrogens with zero attached hydrogens (tertiary/aromatic N) is 1. The molecule has 2 heterocycles. The Morgan fingerprint density at radius 2 is 1.93 bits per heavy atom. The van der Waals surface area contributed by atoms with Crippen LogP contribution in [0.5, 0.6) is 5.75 Å². The van der Waals surface area contributed by atoms with Crippen molar-refractivity contribution in [1.82, 2.24) is 5.16 Å². The van der Waals surface area contributed by atoms with Gasteiger partial charge >= 0.3 is 5.97 Å². The second kappa shape index (κ2) is 8.39. The van der Waals surface area contributed by atoms with Crippen LogP contribution in [0.15, 0.2) is 34.9 Å². The minimum atomic E-state index is -0.569. The van der Waals surface area contributed by atoms with E-state index in [9.17, 15) is 9.59 Å². The Morgan fingerprint density at radius 3 is 2.57 bits per heavy atom. The third kappa shape index (κ3) is 4.48. The van der Waals surface area contributed by atoms with Crippen molar-refractivity contribution in [3.8, 4) is 5.75 Å². The highest BCUT2D eigenvalue weighted by atomic mass is 32.1. The second-order valence-corrected chi connectivity index (χ2v) is 7.91. The average molecular weight is 399 g/mol. The molecular weight excluding hydrogens is 378 g/mol. The molecule has 0 N–H and O–H groups in total. The highest BCUT2D eigenvalue weighted by Gasteiger charge is 2.16. The van der Waals surface area contributed by atoms with Gasteiger partial charge in [-0.25, -0.2) is 4.79 Å². The van der Waals surface area contributed by atoms with E-state index in [1.807, 2.05) is 33.8 Å². The molecular formula is C21H21NO5S. The summed E-state index contributed by atoms with van der Waals surface area (Å²) in [6.07, 6.45) is 0. The van der Waals surface area contributed by atoms with Crippen molar-refractivity contribution >= 4 is 23.1 Å². The zero-order valence-corrected chi connectivity index (χ0v) is 17.0. The Hall–Kier alpha value is -2.93. The summed E-state index contributed by atoms with van der Waals surface area (Å²) in [7, 11) is 0. The largest absolute Gasteiger partial charge is 0.489 e. The average Bonchev–Trinajstić information content (AvgIpc) is 3.18. The van der Waals surface area contributed by atoms with Gasteiger partial charge in [-0.2, -0.15) is 0 Å². The zero-order chi connectivity index (χ0) is 20.3. The lowest BCUT2D eigenvalue weighted by atomic mass is 10.1. The molecule has 0 unspecified atom stereocenters. The normalized spacial score (nSPS) is 10.7. The van der Waals surface area contributed by atoms with Crippen LogP contribution in [0.1, 0.15) is 47.5 Å². The van der Waals surface area contributed by atoms with Crippen molar-refractivity contribution in [3.05, 3.63) is 68.2 Å². The van der Waals surface area contributed by atoms with Gasteiger partial charge in [-0.05, 0) is 52.0 Å². The number of ether oxygens (including phenoxy) is 2. The first-order valence-corrected chi connectivity index (χ1v) is 9.58. The Morgan fingerprint density at radius 1 is 1.14 bits per heavy atom. The van der Waals surface area contributed by atoms with Crippen LogP contribution in [0.2, 0.25) is 0 Å². The summed E-state index contributed by atoms with van der Waals surface area (Å²) in [5.41, 5.74) is 2.57. The fraction of sp³-hybridized carbons (Fsp3) is 0.286. The maximum atomic E-state index is 12.3. The number of ketones is 1. The third-order valence-electron chi connectivity index (χ3n) is 4.31. The summed E-state index contributed by atoms with van der Waals surface area (Å²) in [6.45, 7) is 7.48. The molecule has 0 spiro atoms. The molecule has 0 radical (unpaired) electrons. The molecule has 0 bridgehead atoms. The summed E-state index contributed by atoms with van der Waals surface area (Å²) < 4.78 is 16.0. The molecule has 0 aliphatic heterocycles. The van der Waals surface area contributed by atoms with Gasteiger partial charge in [0, 0.05) is 15.3 Å². The quantitative estimate of drug-likeness (QED) is 0.427. The predicted molar refractivity (Wildman–Crippen MR) is 105 cm³/mol. The number of hydrogen-bond donors (Lipinski definition) is 0. The van der Waals surface area contributed by atoms with Crippen LogP contribution in [0.3, 0.4) is 0 Å².